The Morgan fingerprint density at radius 1 is 0.882 bits per heavy atom. The molecule has 3 heteroatoms. The third kappa shape index (κ3) is 3.05. The van der Waals surface area contributed by atoms with E-state index in [1.165, 1.54) is 0 Å². The van der Waals surface area contributed by atoms with Crippen molar-refractivity contribution >= 4 is 5.95 Å². The van der Waals surface area contributed by atoms with Crippen molar-refractivity contribution in [3.8, 4) is 11.8 Å². The van der Waals surface area contributed by atoms with Gasteiger partial charge in [-0.25, -0.2) is 9.97 Å². The standard InChI is InChI=1S/C14H13N3/c1-17(2)14-15-10-13(11-16-14)9-8-12-6-4-3-5-7-12/h3-7,10-11H,1-2H3. The second kappa shape index (κ2) is 5.13. The summed E-state index contributed by atoms with van der Waals surface area (Å²) in [5, 5.41) is 0. The van der Waals surface area contributed by atoms with Crippen LogP contribution in [0.25, 0.3) is 0 Å². The molecule has 0 aliphatic heterocycles. The molecule has 0 unspecified atom stereocenters. The maximum absolute atomic E-state index is 4.20. The lowest BCUT2D eigenvalue weighted by Crippen LogP contribution is -2.12. The summed E-state index contributed by atoms with van der Waals surface area (Å²) in [6, 6.07) is 9.86. The van der Waals surface area contributed by atoms with Gasteiger partial charge in [0.15, 0.2) is 0 Å². The van der Waals surface area contributed by atoms with Gasteiger partial charge in [0.1, 0.15) is 0 Å². The molecule has 0 N–H and O–H groups in total. The maximum Gasteiger partial charge on any atom is 0.224 e. The molecule has 1 heterocycles. The van der Waals surface area contributed by atoms with Crippen molar-refractivity contribution in [2.75, 3.05) is 19.0 Å². The van der Waals surface area contributed by atoms with Gasteiger partial charge in [-0.05, 0) is 12.1 Å². The second-order valence-corrected chi connectivity index (χ2v) is 3.78. The highest BCUT2D eigenvalue weighted by molar-refractivity contribution is 5.41. The van der Waals surface area contributed by atoms with Crippen molar-refractivity contribution in [3.05, 3.63) is 53.9 Å². The van der Waals surface area contributed by atoms with Gasteiger partial charge in [-0.15, -0.1) is 0 Å². The molecule has 0 amide bonds. The van der Waals surface area contributed by atoms with Crippen LogP contribution in [0.2, 0.25) is 0 Å². The fraction of sp³-hybridized carbons (Fsp3) is 0.143. The molecule has 0 saturated carbocycles. The van der Waals surface area contributed by atoms with Crippen molar-refractivity contribution in [2.24, 2.45) is 0 Å². The quantitative estimate of drug-likeness (QED) is 0.692. The third-order valence-corrected chi connectivity index (χ3v) is 2.16. The molecule has 0 aliphatic carbocycles. The average molecular weight is 223 g/mol. The molecule has 17 heavy (non-hydrogen) atoms. The van der Waals surface area contributed by atoms with Crippen LogP contribution in [-0.2, 0) is 0 Å². The summed E-state index contributed by atoms with van der Waals surface area (Å²) in [5.41, 5.74) is 1.81. The molecular formula is C14H13N3. The fourth-order valence-corrected chi connectivity index (χ4v) is 1.28. The second-order valence-electron chi connectivity index (χ2n) is 3.78. The predicted octanol–water partition coefficient (Wildman–Crippen LogP) is 1.94. The van der Waals surface area contributed by atoms with Gasteiger partial charge in [0.2, 0.25) is 5.95 Å². The van der Waals surface area contributed by atoms with Crippen LogP contribution in [0.4, 0.5) is 5.95 Å². The Morgan fingerprint density at radius 3 is 2.06 bits per heavy atom. The first-order valence-electron chi connectivity index (χ1n) is 5.32. The van der Waals surface area contributed by atoms with E-state index in [1.54, 1.807) is 12.4 Å². The molecule has 0 aliphatic rings. The van der Waals surface area contributed by atoms with E-state index in [-0.39, 0.29) is 0 Å². The van der Waals surface area contributed by atoms with Crippen molar-refractivity contribution in [2.45, 2.75) is 0 Å². The highest BCUT2D eigenvalue weighted by Crippen LogP contribution is 2.02. The third-order valence-electron chi connectivity index (χ3n) is 2.16. The zero-order chi connectivity index (χ0) is 12.1. The van der Waals surface area contributed by atoms with Crippen molar-refractivity contribution in [1.29, 1.82) is 0 Å². The minimum absolute atomic E-state index is 0.690. The van der Waals surface area contributed by atoms with Crippen LogP contribution >= 0.6 is 0 Å². The Morgan fingerprint density at radius 2 is 1.47 bits per heavy atom. The number of nitrogens with zero attached hydrogens (tertiary/aromatic N) is 3. The van der Waals surface area contributed by atoms with Gasteiger partial charge in [-0.1, -0.05) is 30.0 Å². The van der Waals surface area contributed by atoms with E-state index in [0.29, 0.717) is 5.95 Å². The SMILES string of the molecule is CN(C)c1ncc(C#Cc2ccccc2)cn1. The first-order chi connectivity index (χ1) is 8.25. The molecule has 3 nitrogen and oxygen atoms in total. The molecular weight excluding hydrogens is 210 g/mol. The smallest absolute Gasteiger partial charge is 0.224 e. The van der Waals surface area contributed by atoms with E-state index >= 15 is 0 Å². The summed E-state index contributed by atoms with van der Waals surface area (Å²) < 4.78 is 0. The van der Waals surface area contributed by atoms with Gasteiger partial charge >= 0.3 is 0 Å². The first-order valence-corrected chi connectivity index (χ1v) is 5.32. The maximum atomic E-state index is 4.20. The first kappa shape index (κ1) is 11.2. The van der Waals surface area contributed by atoms with Crippen LogP contribution in [0.5, 0.6) is 0 Å². The molecule has 0 fully saturated rings. The topological polar surface area (TPSA) is 29.0 Å². The number of rotatable bonds is 1. The molecule has 2 aromatic rings. The van der Waals surface area contributed by atoms with E-state index < -0.39 is 0 Å². The van der Waals surface area contributed by atoms with Gasteiger partial charge in [0.05, 0.1) is 5.56 Å². The van der Waals surface area contributed by atoms with Crippen LogP contribution in [0.3, 0.4) is 0 Å². The normalized spacial score (nSPS) is 9.29. The van der Waals surface area contributed by atoms with E-state index in [4.69, 9.17) is 0 Å². The summed E-state index contributed by atoms with van der Waals surface area (Å²) in [6.45, 7) is 0. The summed E-state index contributed by atoms with van der Waals surface area (Å²) in [4.78, 5) is 10.3. The molecule has 0 atom stereocenters. The summed E-state index contributed by atoms with van der Waals surface area (Å²) in [6.07, 6.45) is 3.47. The van der Waals surface area contributed by atoms with Crippen LogP contribution in [-0.4, -0.2) is 24.1 Å². The minimum Gasteiger partial charge on any atom is -0.347 e. The van der Waals surface area contributed by atoms with Gasteiger partial charge in [-0.3, -0.25) is 0 Å². The van der Waals surface area contributed by atoms with Crippen LogP contribution in [0.1, 0.15) is 11.1 Å². The summed E-state index contributed by atoms with van der Waals surface area (Å²) in [7, 11) is 3.81. The Kier molecular flexibility index (Phi) is 3.37. The fourth-order valence-electron chi connectivity index (χ4n) is 1.28. The highest BCUT2D eigenvalue weighted by Gasteiger charge is 1.96. The van der Waals surface area contributed by atoms with Crippen LogP contribution < -0.4 is 4.90 Å². The van der Waals surface area contributed by atoms with E-state index in [2.05, 4.69) is 21.8 Å². The Hall–Kier alpha value is -2.34. The number of hydrogen-bond acceptors (Lipinski definition) is 3. The monoisotopic (exact) mass is 223 g/mol. The number of benzene rings is 1. The average Bonchev–Trinajstić information content (AvgIpc) is 2.38. The lowest BCUT2D eigenvalue weighted by molar-refractivity contribution is 0.995. The van der Waals surface area contributed by atoms with Gasteiger partial charge in [0, 0.05) is 32.1 Å². The molecule has 84 valence electrons. The van der Waals surface area contributed by atoms with Gasteiger partial charge in [-0.2, -0.15) is 0 Å². The van der Waals surface area contributed by atoms with Crippen molar-refractivity contribution in [1.82, 2.24) is 9.97 Å². The zero-order valence-corrected chi connectivity index (χ0v) is 9.88. The largest absolute Gasteiger partial charge is 0.347 e. The number of hydrogen-bond donors (Lipinski definition) is 0. The molecule has 0 saturated heterocycles. The molecule has 2 rings (SSSR count). The lowest BCUT2D eigenvalue weighted by Gasteiger charge is -2.07. The van der Waals surface area contributed by atoms with E-state index in [0.717, 1.165) is 11.1 Å². The molecule has 1 aromatic heterocycles. The van der Waals surface area contributed by atoms with Crippen molar-refractivity contribution in [3.63, 3.8) is 0 Å². The Labute approximate surface area is 101 Å². The Balaban J connectivity index is 2.17. The molecule has 0 bridgehead atoms. The Bertz CT molecular complexity index is 533. The van der Waals surface area contributed by atoms with Crippen LogP contribution in [0.15, 0.2) is 42.7 Å². The number of aromatic nitrogens is 2. The van der Waals surface area contributed by atoms with E-state index in [1.807, 2.05) is 49.3 Å². The van der Waals surface area contributed by atoms with Gasteiger partial charge < -0.3 is 4.90 Å². The number of anilines is 1. The molecule has 1 aromatic carbocycles. The molecule has 0 radical (unpaired) electrons. The predicted molar refractivity (Wildman–Crippen MR) is 68.8 cm³/mol. The van der Waals surface area contributed by atoms with E-state index in [9.17, 15) is 0 Å². The summed E-state index contributed by atoms with van der Waals surface area (Å²) in [5.74, 6) is 6.79. The lowest BCUT2D eigenvalue weighted by atomic mass is 10.2. The highest BCUT2D eigenvalue weighted by atomic mass is 15.2. The van der Waals surface area contributed by atoms with Crippen molar-refractivity contribution < 1.29 is 0 Å². The molecule has 0 spiro atoms. The zero-order valence-electron chi connectivity index (χ0n) is 9.88. The van der Waals surface area contributed by atoms with Gasteiger partial charge in [0.25, 0.3) is 0 Å². The summed E-state index contributed by atoms with van der Waals surface area (Å²) >= 11 is 0. The minimum atomic E-state index is 0.690. The van der Waals surface area contributed by atoms with Crippen LogP contribution in [0, 0.1) is 11.8 Å².